The van der Waals surface area contributed by atoms with E-state index in [1.165, 1.54) is 0 Å². The minimum atomic E-state index is -0.589. The van der Waals surface area contributed by atoms with E-state index in [1.807, 2.05) is 43.3 Å². The second-order valence-corrected chi connectivity index (χ2v) is 4.62. The van der Waals surface area contributed by atoms with Crippen LogP contribution < -0.4 is 10.1 Å². The molecule has 0 heterocycles. The van der Waals surface area contributed by atoms with Gasteiger partial charge in [-0.3, -0.25) is 0 Å². The van der Waals surface area contributed by atoms with Crippen LogP contribution in [0, 0.1) is 6.92 Å². The van der Waals surface area contributed by atoms with Crippen molar-refractivity contribution in [1.82, 2.24) is 5.32 Å². The van der Waals surface area contributed by atoms with E-state index in [4.69, 9.17) is 9.47 Å². The lowest BCUT2D eigenvalue weighted by Crippen LogP contribution is -2.30. The van der Waals surface area contributed by atoms with Gasteiger partial charge in [0.15, 0.2) is 0 Å². The highest BCUT2D eigenvalue weighted by Gasteiger charge is 2.10. The Hall–Kier alpha value is -2.82. The lowest BCUT2D eigenvalue weighted by Gasteiger charge is -2.11. The molecule has 2 aromatic carbocycles. The molecule has 0 saturated heterocycles. The van der Waals surface area contributed by atoms with Crippen LogP contribution in [-0.4, -0.2) is 25.2 Å². The van der Waals surface area contributed by atoms with E-state index >= 15 is 0 Å². The fourth-order valence-corrected chi connectivity index (χ4v) is 1.98. The summed E-state index contributed by atoms with van der Waals surface area (Å²) in [5.74, 6) is -0.00116. The molecule has 1 amide bonds. The number of fused-ring (bicyclic) bond motifs is 1. The number of ether oxygens (including phenoxy) is 2. The average Bonchev–Trinajstić information content (AvgIpc) is 2.54. The molecule has 0 saturated carbocycles. The van der Waals surface area contributed by atoms with Gasteiger partial charge in [-0.2, -0.15) is 0 Å². The van der Waals surface area contributed by atoms with Gasteiger partial charge in [-0.15, -0.1) is 0 Å². The Labute approximate surface area is 128 Å². The van der Waals surface area contributed by atoms with Crippen molar-refractivity contribution in [1.29, 1.82) is 0 Å². The van der Waals surface area contributed by atoms with Crippen LogP contribution >= 0.6 is 0 Å². The van der Waals surface area contributed by atoms with E-state index in [-0.39, 0.29) is 13.2 Å². The molecule has 114 valence electrons. The molecule has 5 heteroatoms. The zero-order valence-corrected chi connectivity index (χ0v) is 12.3. The van der Waals surface area contributed by atoms with Gasteiger partial charge in [0.2, 0.25) is 0 Å². The number of amides is 1. The summed E-state index contributed by atoms with van der Waals surface area (Å²) in [4.78, 5) is 22.7. The second kappa shape index (κ2) is 7.26. The normalized spacial score (nSPS) is 10.0. The van der Waals surface area contributed by atoms with Crippen LogP contribution in [0.15, 0.2) is 49.1 Å². The Morgan fingerprint density at radius 2 is 2.00 bits per heavy atom. The Kier molecular flexibility index (Phi) is 5.14. The van der Waals surface area contributed by atoms with Gasteiger partial charge in [0.25, 0.3) is 0 Å². The Morgan fingerprint density at radius 1 is 1.23 bits per heavy atom. The summed E-state index contributed by atoms with van der Waals surface area (Å²) in [6.45, 7) is 5.39. The van der Waals surface area contributed by atoms with Gasteiger partial charge < -0.3 is 14.8 Å². The van der Waals surface area contributed by atoms with Gasteiger partial charge in [-0.1, -0.05) is 43.0 Å². The van der Waals surface area contributed by atoms with E-state index < -0.39 is 12.1 Å². The highest BCUT2D eigenvalue weighted by molar-refractivity contribution is 5.91. The third kappa shape index (κ3) is 3.85. The first-order valence-corrected chi connectivity index (χ1v) is 6.85. The van der Waals surface area contributed by atoms with Crippen molar-refractivity contribution in [3.63, 3.8) is 0 Å². The minimum Gasteiger partial charge on any atom is -0.461 e. The summed E-state index contributed by atoms with van der Waals surface area (Å²) < 4.78 is 10.1. The number of aryl methyl sites for hydroxylation is 1. The summed E-state index contributed by atoms with van der Waals surface area (Å²) in [7, 11) is 0. The number of carbonyl (C=O) groups is 2. The first-order valence-electron chi connectivity index (χ1n) is 6.85. The van der Waals surface area contributed by atoms with Crippen molar-refractivity contribution in [2.75, 3.05) is 13.2 Å². The van der Waals surface area contributed by atoms with E-state index in [1.54, 1.807) is 0 Å². The van der Waals surface area contributed by atoms with Crippen molar-refractivity contribution in [2.24, 2.45) is 0 Å². The summed E-state index contributed by atoms with van der Waals surface area (Å²) in [5.41, 5.74) is 0.868. The molecule has 0 radical (unpaired) electrons. The summed E-state index contributed by atoms with van der Waals surface area (Å²) >= 11 is 0. The Bertz CT molecular complexity index is 709. The maximum atomic E-state index is 11.8. The molecule has 0 fully saturated rings. The maximum Gasteiger partial charge on any atom is 0.412 e. The number of carbonyl (C=O) groups excluding carboxylic acids is 2. The minimum absolute atomic E-state index is 0.0640. The molecule has 0 aliphatic heterocycles. The quantitative estimate of drug-likeness (QED) is 0.524. The topological polar surface area (TPSA) is 64.6 Å². The fraction of sp³-hybridized carbons (Fsp3) is 0.176. The highest BCUT2D eigenvalue weighted by Crippen LogP contribution is 2.29. The third-order valence-corrected chi connectivity index (χ3v) is 3.05. The molecule has 0 atom stereocenters. The molecule has 0 aromatic heterocycles. The number of esters is 1. The summed E-state index contributed by atoms with van der Waals surface area (Å²) in [6, 6.07) is 11.5. The van der Waals surface area contributed by atoms with Crippen LogP contribution in [0.3, 0.4) is 0 Å². The lowest BCUT2D eigenvalue weighted by molar-refractivity contribution is -0.137. The largest absolute Gasteiger partial charge is 0.461 e. The van der Waals surface area contributed by atoms with Crippen molar-refractivity contribution in [3.05, 3.63) is 54.6 Å². The number of hydrogen-bond acceptors (Lipinski definition) is 4. The highest BCUT2D eigenvalue weighted by atomic mass is 16.6. The monoisotopic (exact) mass is 299 g/mol. The van der Waals surface area contributed by atoms with E-state index in [2.05, 4.69) is 11.9 Å². The predicted molar refractivity (Wildman–Crippen MR) is 83.9 cm³/mol. The number of nitrogens with one attached hydrogen (secondary N) is 1. The zero-order valence-electron chi connectivity index (χ0n) is 12.3. The number of rotatable bonds is 5. The van der Waals surface area contributed by atoms with Crippen molar-refractivity contribution in [2.45, 2.75) is 6.92 Å². The molecule has 0 aliphatic carbocycles. The smallest absolute Gasteiger partial charge is 0.412 e. The van der Waals surface area contributed by atoms with Crippen LogP contribution in [0.25, 0.3) is 10.8 Å². The van der Waals surface area contributed by atoms with Crippen LogP contribution in [-0.2, 0) is 9.53 Å². The SMILES string of the molecule is C=CC(=O)OCCNC(=O)Oc1c(C)ccc2ccccc12. The molecule has 0 unspecified atom stereocenters. The van der Waals surface area contributed by atoms with Gasteiger partial charge in [0.05, 0.1) is 6.54 Å². The maximum absolute atomic E-state index is 11.8. The van der Waals surface area contributed by atoms with Gasteiger partial charge >= 0.3 is 12.1 Å². The van der Waals surface area contributed by atoms with E-state index in [0.29, 0.717) is 5.75 Å². The molecular formula is C17H17NO4. The number of hydrogen-bond donors (Lipinski definition) is 1. The zero-order chi connectivity index (χ0) is 15.9. The first-order chi connectivity index (χ1) is 10.6. The fourth-order valence-electron chi connectivity index (χ4n) is 1.98. The van der Waals surface area contributed by atoms with Crippen LogP contribution in [0.4, 0.5) is 4.79 Å². The average molecular weight is 299 g/mol. The molecule has 0 aliphatic rings. The molecule has 0 spiro atoms. The molecule has 5 nitrogen and oxygen atoms in total. The van der Waals surface area contributed by atoms with Crippen LogP contribution in [0.1, 0.15) is 5.56 Å². The first kappa shape index (κ1) is 15.6. The standard InChI is InChI=1S/C17H17NO4/c1-3-15(19)21-11-10-18-17(20)22-16-12(2)8-9-13-6-4-5-7-14(13)16/h3-9H,1,10-11H2,2H3,(H,18,20). The van der Waals surface area contributed by atoms with Crippen molar-refractivity contribution < 1.29 is 19.1 Å². The molecule has 2 aromatic rings. The van der Waals surface area contributed by atoms with Crippen molar-refractivity contribution >= 4 is 22.8 Å². The predicted octanol–water partition coefficient (Wildman–Crippen LogP) is 2.97. The Morgan fingerprint density at radius 3 is 2.77 bits per heavy atom. The summed E-state index contributed by atoms with van der Waals surface area (Å²) in [5, 5.41) is 4.40. The van der Waals surface area contributed by atoms with Gasteiger partial charge in [-0.05, 0) is 17.9 Å². The van der Waals surface area contributed by atoms with Crippen molar-refractivity contribution in [3.8, 4) is 5.75 Å². The number of benzene rings is 2. The third-order valence-electron chi connectivity index (χ3n) is 3.05. The molecule has 2 rings (SSSR count). The van der Waals surface area contributed by atoms with Gasteiger partial charge in [0, 0.05) is 11.5 Å². The second-order valence-electron chi connectivity index (χ2n) is 4.62. The molecule has 1 N–H and O–H groups in total. The van der Waals surface area contributed by atoms with E-state index in [9.17, 15) is 9.59 Å². The molecule has 22 heavy (non-hydrogen) atoms. The van der Waals surface area contributed by atoms with Crippen LogP contribution in [0.5, 0.6) is 5.75 Å². The summed E-state index contributed by atoms with van der Waals surface area (Å²) in [6.07, 6.45) is 0.478. The Balaban J connectivity index is 1.98. The molecule has 0 bridgehead atoms. The van der Waals surface area contributed by atoms with Crippen LogP contribution in [0.2, 0.25) is 0 Å². The van der Waals surface area contributed by atoms with Gasteiger partial charge in [0.1, 0.15) is 12.4 Å². The lowest BCUT2D eigenvalue weighted by atomic mass is 10.1. The van der Waals surface area contributed by atoms with E-state index in [0.717, 1.165) is 22.4 Å². The van der Waals surface area contributed by atoms with Gasteiger partial charge in [-0.25, -0.2) is 9.59 Å². The molecular weight excluding hydrogens is 282 g/mol.